The number of likely N-dealkylation sites (tertiary alicyclic amines) is 1. The molecule has 0 bridgehead atoms. The van der Waals surface area contributed by atoms with Gasteiger partial charge in [-0.15, -0.1) is 0 Å². The van der Waals surface area contributed by atoms with Crippen molar-refractivity contribution in [3.63, 3.8) is 0 Å². The Morgan fingerprint density at radius 2 is 1.78 bits per heavy atom. The van der Waals surface area contributed by atoms with Crippen LogP contribution < -0.4 is 5.32 Å². The molecule has 0 aromatic heterocycles. The van der Waals surface area contributed by atoms with Gasteiger partial charge in [0.15, 0.2) is 0 Å². The van der Waals surface area contributed by atoms with Crippen LogP contribution >= 0.6 is 11.6 Å². The maximum atomic E-state index is 12.6. The van der Waals surface area contributed by atoms with E-state index in [1.807, 2.05) is 60.7 Å². The number of halogens is 1. The Labute approximate surface area is 162 Å². The fraction of sp³-hybridized carbons (Fsp3) is 0.182. The minimum atomic E-state index is -0.355. The number of carbonyl (C=O) groups excluding carboxylic acids is 2. The highest BCUT2D eigenvalue weighted by molar-refractivity contribution is 6.31. The molecule has 27 heavy (non-hydrogen) atoms. The standard InChI is InChI=1S/C22H19ClN2O2/c23-20-8-4-3-7-17(20)13-25-14-18(12-21(25)26)22(27)24-19-10-9-15-5-1-2-6-16(15)11-19/h1-11,18H,12-14H2,(H,24,27)/t18-/m1/s1. The van der Waals surface area contributed by atoms with Gasteiger partial charge in [0.2, 0.25) is 11.8 Å². The normalized spacial score (nSPS) is 16.7. The van der Waals surface area contributed by atoms with Crippen molar-refractivity contribution in [2.75, 3.05) is 11.9 Å². The summed E-state index contributed by atoms with van der Waals surface area (Å²) in [6.45, 7) is 0.835. The lowest BCUT2D eigenvalue weighted by molar-refractivity contribution is -0.128. The second-order valence-electron chi connectivity index (χ2n) is 6.82. The van der Waals surface area contributed by atoms with Gasteiger partial charge < -0.3 is 10.2 Å². The minimum absolute atomic E-state index is 0.0198. The number of amides is 2. The summed E-state index contributed by atoms with van der Waals surface area (Å²) >= 11 is 6.19. The fourth-order valence-corrected chi connectivity index (χ4v) is 3.64. The third kappa shape index (κ3) is 3.81. The van der Waals surface area contributed by atoms with E-state index in [1.54, 1.807) is 11.0 Å². The first-order valence-electron chi connectivity index (χ1n) is 8.91. The van der Waals surface area contributed by atoms with Crippen molar-refractivity contribution < 1.29 is 9.59 Å². The van der Waals surface area contributed by atoms with E-state index in [9.17, 15) is 9.59 Å². The Hall–Kier alpha value is -2.85. The number of nitrogens with zero attached hydrogens (tertiary/aromatic N) is 1. The molecule has 0 aliphatic carbocycles. The van der Waals surface area contributed by atoms with E-state index < -0.39 is 0 Å². The molecule has 136 valence electrons. The summed E-state index contributed by atoms with van der Waals surface area (Å²) in [6.07, 6.45) is 0.226. The molecule has 1 N–H and O–H groups in total. The van der Waals surface area contributed by atoms with Gasteiger partial charge in [-0.2, -0.15) is 0 Å². The molecule has 1 aliphatic rings. The number of carbonyl (C=O) groups is 2. The topological polar surface area (TPSA) is 49.4 Å². The second-order valence-corrected chi connectivity index (χ2v) is 7.23. The van der Waals surface area contributed by atoms with Crippen LogP contribution in [0.5, 0.6) is 0 Å². The van der Waals surface area contributed by atoms with Crippen molar-refractivity contribution >= 4 is 39.9 Å². The van der Waals surface area contributed by atoms with Gasteiger partial charge in [-0.05, 0) is 34.5 Å². The highest BCUT2D eigenvalue weighted by atomic mass is 35.5. The van der Waals surface area contributed by atoms with Crippen LogP contribution in [0, 0.1) is 5.92 Å². The predicted octanol–water partition coefficient (Wildman–Crippen LogP) is 4.48. The molecule has 2 amide bonds. The van der Waals surface area contributed by atoms with E-state index >= 15 is 0 Å². The van der Waals surface area contributed by atoms with Crippen LogP contribution in [-0.4, -0.2) is 23.3 Å². The highest BCUT2D eigenvalue weighted by Crippen LogP contribution is 2.25. The highest BCUT2D eigenvalue weighted by Gasteiger charge is 2.34. The smallest absolute Gasteiger partial charge is 0.229 e. The van der Waals surface area contributed by atoms with Gasteiger partial charge in [0.25, 0.3) is 0 Å². The largest absolute Gasteiger partial charge is 0.337 e. The SMILES string of the molecule is O=C(Nc1ccc2ccccc2c1)[C@@H]1CC(=O)N(Cc2ccccc2Cl)C1. The van der Waals surface area contributed by atoms with Crippen LogP contribution in [0.2, 0.25) is 5.02 Å². The zero-order valence-corrected chi connectivity index (χ0v) is 15.4. The molecule has 1 heterocycles. The second kappa shape index (κ2) is 7.41. The van der Waals surface area contributed by atoms with Crippen molar-refractivity contribution in [3.8, 4) is 0 Å². The lowest BCUT2D eigenvalue weighted by Crippen LogP contribution is -2.28. The number of hydrogen-bond donors (Lipinski definition) is 1. The molecule has 1 saturated heterocycles. The van der Waals surface area contributed by atoms with Crippen LogP contribution in [0.15, 0.2) is 66.7 Å². The summed E-state index contributed by atoms with van der Waals surface area (Å²) in [5, 5.41) is 5.77. The third-order valence-corrected chi connectivity index (χ3v) is 5.29. The molecule has 5 heteroatoms. The quantitative estimate of drug-likeness (QED) is 0.727. The van der Waals surface area contributed by atoms with E-state index in [0.717, 1.165) is 22.0 Å². The molecule has 0 spiro atoms. The van der Waals surface area contributed by atoms with E-state index in [1.165, 1.54) is 0 Å². The van der Waals surface area contributed by atoms with Crippen molar-refractivity contribution in [1.82, 2.24) is 4.90 Å². The lowest BCUT2D eigenvalue weighted by Gasteiger charge is -2.17. The van der Waals surface area contributed by atoms with Crippen LogP contribution in [0.25, 0.3) is 10.8 Å². The first-order valence-corrected chi connectivity index (χ1v) is 9.29. The first kappa shape index (κ1) is 17.6. The molecule has 1 fully saturated rings. The summed E-state index contributed by atoms with van der Waals surface area (Å²) in [6, 6.07) is 21.3. The molecule has 0 saturated carbocycles. The molecule has 1 aliphatic heterocycles. The van der Waals surface area contributed by atoms with E-state index in [-0.39, 0.29) is 24.2 Å². The lowest BCUT2D eigenvalue weighted by atomic mass is 10.1. The predicted molar refractivity (Wildman–Crippen MR) is 108 cm³/mol. The summed E-state index contributed by atoms with van der Waals surface area (Å²) in [5.74, 6) is -0.500. The van der Waals surface area contributed by atoms with E-state index in [4.69, 9.17) is 11.6 Å². The molecule has 0 radical (unpaired) electrons. The summed E-state index contributed by atoms with van der Waals surface area (Å²) < 4.78 is 0. The zero-order chi connectivity index (χ0) is 18.8. The molecule has 3 aromatic carbocycles. The maximum absolute atomic E-state index is 12.6. The maximum Gasteiger partial charge on any atom is 0.229 e. The number of rotatable bonds is 4. The van der Waals surface area contributed by atoms with Crippen molar-refractivity contribution in [1.29, 1.82) is 0 Å². The number of fused-ring (bicyclic) bond motifs is 1. The Kier molecular flexibility index (Phi) is 4.82. The van der Waals surface area contributed by atoms with Crippen LogP contribution in [-0.2, 0) is 16.1 Å². The van der Waals surface area contributed by atoms with Crippen molar-refractivity contribution in [2.45, 2.75) is 13.0 Å². The number of benzene rings is 3. The first-order chi connectivity index (χ1) is 13.1. The zero-order valence-electron chi connectivity index (χ0n) is 14.7. The summed E-state index contributed by atoms with van der Waals surface area (Å²) in [5.41, 5.74) is 1.64. The van der Waals surface area contributed by atoms with Gasteiger partial charge in [0, 0.05) is 30.2 Å². The number of hydrogen-bond acceptors (Lipinski definition) is 2. The van der Waals surface area contributed by atoms with Gasteiger partial charge in [-0.1, -0.05) is 60.1 Å². The van der Waals surface area contributed by atoms with Gasteiger partial charge in [-0.25, -0.2) is 0 Å². The third-order valence-electron chi connectivity index (χ3n) is 4.92. The Bertz CT molecular complexity index is 1020. The average molecular weight is 379 g/mol. The van der Waals surface area contributed by atoms with Gasteiger partial charge in [0.1, 0.15) is 0 Å². The molecule has 4 nitrogen and oxygen atoms in total. The number of anilines is 1. The van der Waals surface area contributed by atoms with Crippen LogP contribution in [0.3, 0.4) is 0 Å². The van der Waals surface area contributed by atoms with Crippen molar-refractivity contribution in [3.05, 3.63) is 77.3 Å². The molecule has 1 atom stereocenters. The number of nitrogens with one attached hydrogen (secondary N) is 1. The van der Waals surface area contributed by atoms with Gasteiger partial charge >= 0.3 is 0 Å². The van der Waals surface area contributed by atoms with E-state index in [2.05, 4.69) is 5.32 Å². The monoisotopic (exact) mass is 378 g/mol. The Morgan fingerprint density at radius 3 is 2.59 bits per heavy atom. The summed E-state index contributed by atoms with van der Waals surface area (Å²) in [7, 11) is 0. The Balaban J connectivity index is 1.43. The molecule has 4 rings (SSSR count). The van der Waals surface area contributed by atoms with Gasteiger partial charge in [-0.3, -0.25) is 9.59 Å². The molecule has 3 aromatic rings. The fourth-order valence-electron chi connectivity index (χ4n) is 3.44. The van der Waals surface area contributed by atoms with E-state index in [0.29, 0.717) is 18.1 Å². The molecule has 0 unspecified atom stereocenters. The molecular formula is C22H19ClN2O2. The average Bonchev–Trinajstić information content (AvgIpc) is 3.04. The van der Waals surface area contributed by atoms with Crippen molar-refractivity contribution in [2.24, 2.45) is 5.92 Å². The molecular weight excluding hydrogens is 360 g/mol. The van der Waals surface area contributed by atoms with Crippen LogP contribution in [0.1, 0.15) is 12.0 Å². The summed E-state index contributed by atoms with van der Waals surface area (Å²) in [4.78, 5) is 26.7. The Morgan fingerprint density at radius 1 is 1.04 bits per heavy atom. The van der Waals surface area contributed by atoms with Gasteiger partial charge in [0.05, 0.1) is 5.92 Å². The minimum Gasteiger partial charge on any atom is -0.337 e. The van der Waals surface area contributed by atoms with Crippen LogP contribution in [0.4, 0.5) is 5.69 Å².